The van der Waals surface area contributed by atoms with Crippen molar-refractivity contribution < 1.29 is 18.0 Å². The molecule has 1 heterocycles. The number of hydrogen-bond acceptors (Lipinski definition) is 4. The van der Waals surface area contributed by atoms with E-state index in [1.165, 1.54) is 25.1 Å². The molecule has 1 aliphatic rings. The minimum atomic E-state index is -4.09. The van der Waals surface area contributed by atoms with E-state index in [-0.39, 0.29) is 14.9 Å². The van der Waals surface area contributed by atoms with Gasteiger partial charge in [-0.25, -0.2) is 8.42 Å². The molecule has 1 saturated heterocycles. The van der Waals surface area contributed by atoms with Crippen molar-refractivity contribution in [1.82, 2.24) is 9.62 Å². The molecule has 2 amide bonds. The summed E-state index contributed by atoms with van der Waals surface area (Å²) >= 11 is 11.7. The highest BCUT2D eigenvalue weighted by molar-refractivity contribution is 7.89. The van der Waals surface area contributed by atoms with E-state index in [4.69, 9.17) is 23.2 Å². The van der Waals surface area contributed by atoms with Crippen LogP contribution in [0.15, 0.2) is 23.1 Å². The van der Waals surface area contributed by atoms with Crippen molar-refractivity contribution in [3.05, 3.63) is 28.2 Å². The second-order valence-corrected chi connectivity index (χ2v) is 6.83. The molecule has 0 spiro atoms. The first-order valence-corrected chi connectivity index (χ1v) is 7.74. The Morgan fingerprint density at radius 2 is 1.95 bits per heavy atom. The molecule has 20 heavy (non-hydrogen) atoms. The van der Waals surface area contributed by atoms with Gasteiger partial charge >= 0.3 is 0 Å². The number of benzene rings is 1. The second kappa shape index (κ2) is 5.33. The van der Waals surface area contributed by atoms with Crippen LogP contribution in [-0.2, 0) is 19.6 Å². The van der Waals surface area contributed by atoms with E-state index in [0.717, 1.165) is 4.31 Å². The first-order chi connectivity index (χ1) is 9.25. The number of piperazine rings is 1. The van der Waals surface area contributed by atoms with E-state index in [1.54, 1.807) is 0 Å². The summed E-state index contributed by atoms with van der Waals surface area (Å²) in [5.41, 5.74) is 0. The van der Waals surface area contributed by atoms with Crippen LogP contribution in [0.5, 0.6) is 0 Å². The third-order valence-electron chi connectivity index (χ3n) is 2.88. The van der Waals surface area contributed by atoms with Crippen LogP contribution in [0.3, 0.4) is 0 Å². The van der Waals surface area contributed by atoms with Crippen molar-refractivity contribution in [3.8, 4) is 0 Å². The zero-order valence-corrected chi connectivity index (χ0v) is 12.6. The SMILES string of the molecule is CC1C(=O)NC(=O)CN1S(=O)(=O)c1cccc(Cl)c1Cl. The number of amides is 2. The average Bonchev–Trinajstić information content (AvgIpc) is 2.36. The van der Waals surface area contributed by atoms with E-state index in [9.17, 15) is 18.0 Å². The topological polar surface area (TPSA) is 83.6 Å². The van der Waals surface area contributed by atoms with Crippen molar-refractivity contribution in [2.24, 2.45) is 0 Å². The standard InChI is InChI=1S/C11H10Cl2N2O4S/c1-6-11(17)14-9(16)5-15(6)20(18,19)8-4-2-3-7(12)10(8)13/h2-4,6H,5H2,1H3,(H,14,16,17). The molecule has 1 unspecified atom stereocenters. The van der Waals surface area contributed by atoms with E-state index >= 15 is 0 Å². The van der Waals surface area contributed by atoms with E-state index < -0.39 is 34.4 Å². The van der Waals surface area contributed by atoms with Gasteiger partial charge in [0.05, 0.1) is 16.6 Å². The van der Waals surface area contributed by atoms with Crippen LogP contribution < -0.4 is 5.32 Å². The number of hydrogen-bond donors (Lipinski definition) is 1. The highest BCUT2D eigenvalue weighted by atomic mass is 35.5. The Labute approximate surface area is 125 Å². The van der Waals surface area contributed by atoms with E-state index in [0.29, 0.717) is 0 Å². The van der Waals surface area contributed by atoms with Crippen LogP contribution in [0.25, 0.3) is 0 Å². The molecule has 0 saturated carbocycles. The quantitative estimate of drug-likeness (QED) is 0.817. The largest absolute Gasteiger partial charge is 0.294 e. The van der Waals surface area contributed by atoms with Crippen molar-refractivity contribution in [2.75, 3.05) is 6.54 Å². The van der Waals surface area contributed by atoms with Crippen LogP contribution in [0, 0.1) is 0 Å². The second-order valence-electron chi connectivity index (χ2n) is 4.19. The molecule has 0 aliphatic carbocycles. The van der Waals surface area contributed by atoms with Crippen LogP contribution in [0.1, 0.15) is 6.92 Å². The van der Waals surface area contributed by atoms with Crippen molar-refractivity contribution in [1.29, 1.82) is 0 Å². The monoisotopic (exact) mass is 336 g/mol. The number of carbonyl (C=O) groups excluding carboxylic acids is 2. The number of nitrogens with one attached hydrogen (secondary N) is 1. The molecule has 0 radical (unpaired) electrons. The van der Waals surface area contributed by atoms with Gasteiger partial charge in [-0.3, -0.25) is 14.9 Å². The van der Waals surface area contributed by atoms with Crippen LogP contribution in [-0.4, -0.2) is 37.1 Å². The maximum absolute atomic E-state index is 12.5. The number of carbonyl (C=O) groups is 2. The van der Waals surface area contributed by atoms with Crippen LogP contribution in [0.4, 0.5) is 0 Å². The Morgan fingerprint density at radius 1 is 1.30 bits per heavy atom. The maximum atomic E-state index is 12.5. The Bertz CT molecular complexity index is 690. The summed E-state index contributed by atoms with van der Waals surface area (Å²) in [6.45, 7) is 0.940. The van der Waals surface area contributed by atoms with Gasteiger partial charge in [-0.2, -0.15) is 4.31 Å². The van der Waals surface area contributed by atoms with Gasteiger partial charge in [-0.1, -0.05) is 29.3 Å². The smallest absolute Gasteiger partial charge is 0.245 e. The molecule has 9 heteroatoms. The summed E-state index contributed by atoms with van der Waals surface area (Å²) in [6.07, 6.45) is 0. The Hall–Kier alpha value is -1.15. The number of imide groups is 1. The summed E-state index contributed by atoms with van der Waals surface area (Å²) < 4.78 is 25.8. The lowest BCUT2D eigenvalue weighted by molar-refractivity contribution is -0.136. The molecule has 2 rings (SSSR count). The van der Waals surface area contributed by atoms with E-state index in [2.05, 4.69) is 5.32 Å². The van der Waals surface area contributed by atoms with Crippen LogP contribution >= 0.6 is 23.2 Å². The minimum absolute atomic E-state index is 0.0770. The predicted octanol–water partition coefficient (Wildman–Crippen LogP) is 1.03. The van der Waals surface area contributed by atoms with Gasteiger partial charge in [0.15, 0.2) is 0 Å². The first kappa shape index (κ1) is 15.2. The molecular weight excluding hydrogens is 327 g/mol. The summed E-state index contributed by atoms with van der Waals surface area (Å²) in [4.78, 5) is 22.7. The number of sulfonamides is 1. The predicted molar refractivity (Wildman–Crippen MR) is 73.0 cm³/mol. The molecular formula is C11H10Cl2N2O4S. The molecule has 1 aromatic rings. The minimum Gasteiger partial charge on any atom is -0.294 e. The van der Waals surface area contributed by atoms with Gasteiger partial charge in [-0.15, -0.1) is 0 Å². The van der Waals surface area contributed by atoms with Crippen molar-refractivity contribution in [2.45, 2.75) is 17.9 Å². The lowest BCUT2D eigenvalue weighted by Gasteiger charge is -2.30. The average molecular weight is 337 g/mol. The molecule has 0 bridgehead atoms. The van der Waals surface area contributed by atoms with E-state index in [1.807, 2.05) is 0 Å². The fourth-order valence-electron chi connectivity index (χ4n) is 1.79. The molecule has 1 atom stereocenters. The third kappa shape index (κ3) is 2.54. The normalized spacial score (nSPS) is 20.9. The third-order valence-corrected chi connectivity index (χ3v) is 5.77. The fourth-order valence-corrected chi connectivity index (χ4v) is 4.08. The summed E-state index contributed by atoms with van der Waals surface area (Å²) in [6, 6.07) is 3.14. The Balaban J connectivity index is 2.52. The molecule has 1 fully saturated rings. The molecule has 108 valence electrons. The summed E-state index contributed by atoms with van der Waals surface area (Å²) in [5.74, 6) is -1.36. The Morgan fingerprint density at radius 3 is 2.60 bits per heavy atom. The van der Waals surface area contributed by atoms with Gasteiger partial charge in [-0.05, 0) is 19.1 Å². The maximum Gasteiger partial charge on any atom is 0.245 e. The summed E-state index contributed by atoms with van der Waals surface area (Å²) in [7, 11) is -4.09. The highest BCUT2D eigenvalue weighted by Crippen LogP contribution is 2.31. The van der Waals surface area contributed by atoms with Crippen molar-refractivity contribution in [3.63, 3.8) is 0 Å². The molecule has 1 N–H and O–H groups in total. The number of nitrogens with zero attached hydrogens (tertiary/aromatic N) is 1. The van der Waals surface area contributed by atoms with Crippen LogP contribution in [0.2, 0.25) is 10.0 Å². The van der Waals surface area contributed by atoms with Gasteiger partial charge in [0, 0.05) is 0 Å². The first-order valence-electron chi connectivity index (χ1n) is 5.54. The number of rotatable bonds is 2. The summed E-state index contributed by atoms with van der Waals surface area (Å²) in [5, 5.41) is 2.00. The molecule has 0 aromatic heterocycles. The van der Waals surface area contributed by atoms with Gasteiger partial charge in [0.25, 0.3) is 0 Å². The molecule has 1 aromatic carbocycles. The fraction of sp³-hybridized carbons (Fsp3) is 0.273. The molecule has 6 nitrogen and oxygen atoms in total. The zero-order valence-electron chi connectivity index (χ0n) is 10.3. The lowest BCUT2D eigenvalue weighted by atomic mass is 10.2. The zero-order chi connectivity index (χ0) is 15.1. The van der Waals surface area contributed by atoms with Gasteiger partial charge in [0.2, 0.25) is 21.8 Å². The molecule has 1 aliphatic heterocycles. The van der Waals surface area contributed by atoms with Crippen molar-refractivity contribution >= 4 is 45.0 Å². The number of halogens is 2. The lowest BCUT2D eigenvalue weighted by Crippen LogP contribution is -2.58. The van der Waals surface area contributed by atoms with Gasteiger partial charge < -0.3 is 0 Å². The Kier molecular flexibility index (Phi) is 4.06. The highest BCUT2D eigenvalue weighted by Gasteiger charge is 2.39. The van der Waals surface area contributed by atoms with Gasteiger partial charge in [0.1, 0.15) is 10.9 Å².